The minimum atomic E-state index is -4.80. The zero-order valence-electron chi connectivity index (χ0n) is 12.0. The fraction of sp³-hybridized carbons (Fsp3) is 0.417. The maximum atomic E-state index is 12.4. The molecule has 3 N–H and O–H groups in total. The molecule has 0 fully saturated rings. The van der Waals surface area contributed by atoms with Crippen molar-refractivity contribution in [1.82, 2.24) is 4.57 Å². The SMILES string of the molecule is CCc1cc(OC(F)(F)F)cc2sc(=N)n(CCS(N)(=O)=O)c12. The number of benzene rings is 1. The van der Waals surface area contributed by atoms with Crippen molar-refractivity contribution in [3.63, 3.8) is 0 Å². The van der Waals surface area contributed by atoms with E-state index in [1.165, 1.54) is 16.7 Å². The number of sulfonamides is 1. The van der Waals surface area contributed by atoms with E-state index in [9.17, 15) is 21.6 Å². The van der Waals surface area contributed by atoms with Gasteiger partial charge in [0.1, 0.15) is 5.75 Å². The second-order valence-corrected chi connectivity index (χ2v) is 7.52. The summed E-state index contributed by atoms with van der Waals surface area (Å²) < 4.78 is 65.1. The lowest BCUT2D eigenvalue weighted by Gasteiger charge is -2.12. The molecule has 0 aliphatic carbocycles. The molecule has 1 aromatic heterocycles. The first kappa shape index (κ1) is 17.8. The molecule has 0 saturated heterocycles. The third-order valence-corrected chi connectivity index (χ3v) is 4.76. The molecule has 0 saturated carbocycles. The molecule has 0 atom stereocenters. The molecule has 0 amide bonds. The summed E-state index contributed by atoms with van der Waals surface area (Å²) in [6, 6.07) is 2.44. The summed E-state index contributed by atoms with van der Waals surface area (Å²) in [5, 5.41) is 12.9. The van der Waals surface area contributed by atoms with Crippen molar-refractivity contribution in [3.8, 4) is 5.75 Å². The zero-order chi connectivity index (χ0) is 17.4. The smallest absolute Gasteiger partial charge is 0.406 e. The Kier molecular flexibility index (Phi) is 4.74. The van der Waals surface area contributed by atoms with Crippen LogP contribution in [0.5, 0.6) is 5.75 Å². The summed E-state index contributed by atoms with van der Waals surface area (Å²) in [4.78, 5) is 0.0301. The number of thiazole rings is 1. The zero-order valence-corrected chi connectivity index (χ0v) is 13.6. The molecular weight excluding hydrogens is 355 g/mol. The molecule has 1 aromatic carbocycles. The number of nitrogens with two attached hydrogens (primary N) is 1. The Hall–Kier alpha value is -1.59. The van der Waals surface area contributed by atoms with Crippen LogP contribution in [0.1, 0.15) is 12.5 Å². The van der Waals surface area contributed by atoms with Crippen LogP contribution >= 0.6 is 11.3 Å². The maximum absolute atomic E-state index is 12.4. The van der Waals surface area contributed by atoms with Crippen molar-refractivity contribution >= 4 is 31.6 Å². The number of ether oxygens (including phenoxy) is 1. The largest absolute Gasteiger partial charge is 0.573 e. The number of aromatic nitrogens is 1. The molecule has 0 bridgehead atoms. The monoisotopic (exact) mass is 369 g/mol. The van der Waals surface area contributed by atoms with Gasteiger partial charge in [-0.3, -0.25) is 5.41 Å². The van der Waals surface area contributed by atoms with E-state index in [0.717, 1.165) is 11.3 Å². The van der Waals surface area contributed by atoms with Crippen LogP contribution in [0.25, 0.3) is 10.2 Å². The Balaban J connectivity index is 2.55. The third kappa shape index (κ3) is 4.45. The molecule has 2 rings (SSSR count). The van der Waals surface area contributed by atoms with Crippen molar-refractivity contribution in [2.45, 2.75) is 26.3 Å². The van der Waals surface area contributed by atoms with E-state index in [0.29, 0.717) is 22.2 Å². The summed E-state index contributed by atoms with van der Waals surface area (Å²) in [7, 11) is -3.71. The highest BCUT2D eigenvalue weighted by molar-refractivity contribution is 7.89. The highest BCUT2D eigenvalue weighted by Gasteiger charge is 2.31. The molecule has 128 valence electrons. The first-order chi connectivity index (χ1) is 10.5. The molecule has 0 radical (unpaired) electrons. The number of hydrogen-bond donors (Lipinski definition) is 2. The van der Waals surface area contributed by atoms with Gasteiger partial charge in [-0.05, 0) is 24.1 Å². The third-order valence-electron chi connectivity index (χ3n) is 3.06. The van der Waals surface area contributed by atoms with Gasteiger partial charge in [0.05, 0.1) is 16.0 Å². The van der Waals surface area contributed by atoms with E-state index >= 15 is 0 Å². The maximum Gasteiger partial charge on any atom is 0.573 e. The van der Waals surface area contributed by atoms with Gasteiger partial charge in [-0.2, -0.15) is 0 Å². The van der Waals surface area contributed by atoms with Crippen molar-refractivity contribution in [3.05, 3.63) is 22.5 Å². The molecule has 0 unspecified atom stereocenters. The number of primary sulfonamides is 1. The number of fused-ring (bicyclic) bond motifs is 1. The number of halogens is 3. The van der Waals surface area contributed by atoms with Crippen LogP contribution in [-0.4, -0.2) is 25.1 Å². The van der Waals surface area contributed by atoms with Gasteiger partial charge >= 0.3 is 6.36 Å². The van der Waals surface area contributed by atoms with E-state index in [1.54, 1.807) is 6.92 Å². The predicted molar refractivity (Wildman–Crippen MR) is 79.7 cm³/mol. The molecule has 6 nitrogen and oxygen atoms in total. The number of rotatable bonds is 5. The fourth-order valence-electron chi connectivity index (χ4n) is 2.18. The van der Waals surface area contributed by atoms with Crippen molar-refractivity contribution < 1.29 is 26.3 Å². The number of nitrogens with one attached hydrogen (secondary N) is 1. The predicted octanol–water partition coefficient (Wildman–Crippen LogP) is 1.93. The lowest BCUT2D eigenvalue weighted by molar-refractivity contribution is -0.274. The van der Waals surface area contributed by atoms with E-state index in [1.807, 2.05) is 0 Å². The van der Waals surface area contributed by atoms with Gasteiger partial charge in [0.15, 0.2) is 4.80 Å². The lowest BCUT2D eigenvalue weighted by Crippen LogP contribution is -2.24. The molecule has 1 heterocycles. The Morgan fingerprint density at radius 2 is 2.04 bits per heavy atom. The van der Waals surface area contributed by atoms with Gasteiger partial charge < -0.3 is 9.30 Å². The quantitative estimate of drug-likeness (QED) is 0.842. The van der Waals surface area contributed by atoms with Crippen LogP contribution in [0.3, 0.4) is 0 Å². The van der Waals surface area contributed by atoms with E-state index in [2.05, 4.69) is 4.74 Å². The first-order valence-electron chi connectivity index (χ1n) is 6.47. The van der Waals surface area contributed by atoms with E-state index in [-0.39, 0.29) is 22.8 Å². The summed E-state index contributed by atoms with van der Waals surface area (Å²) >= 11 is 0.946. The Morgan fingerprint density at radius 3 is 2.57 bits per heavy atom. The van der Waals surface area contributed by atoms with Crippen molar-refractivity contribution in [2.24, 2.45) is 5.14 Å². The molecule has 11 heteroatoms. The lowest BCUT2D eigenvalue weighted by atomic mass is 10.1. The average molecular weight is 369 g/mol. The van der Waals surface area contributed by atoms with Crippen LogP contribution in [0.15, 0.2) is 12.1 Å². The van der Waals surface area contributed by atoms with E-state index in [4.69, 9.17) is 10.5 Å². The van der Waals surface area contributed by atoms with Gasteiger partial charge in [0, 0.05) is 6.54 Å². The average Bonchev–Trinajstić information content (AvgIpc) is 2.68. The number of nitrogens with zero attached hydrogens (tertiary/aromatic N) is 1. The molecule has 0 spiro atoms. The highest BCUT2D eigenvalue weighted by Crippen LogP contribution is 2.31. The molecular formula is C12H14F3N3O3S2. The number of hydrogen-bond acceptors (Lipinski definition) is 5. The number of alkyl halides is 3. The van der Waals surface area contributed by atoms with Crippen LogP contribution in [0, 0.1) is 5.41 Å². The highest BCUT2D eigenvalue weighted by atomic mass is 32.2. The minimum absolute atomic E-state index is 0.0301. The Bertz CT molecular complexity index is 885. The summed E-state index contributed by atoms with van der Waals surface area (Å²) in [5.41, 5.74) is 1.06. The van der Waals surface area contributed by atoms with Crippen LogP contribution in [-0.2, 0) is 23.0 Å². The topological polar surface area (TPSA) is 98.2 Å². The van der Waals surface area contributed by atoms with Crippen LogP contribution in [0.2, 0.25) is 0 Å². The second-order valence-electron chi connectivity index (χ2n) is 4.76. The van der Waals surface area contributed by atoms with E-state index < -0.39 is 16.4 Å². The summed E-state index contributed by atoms with van der Waals surface area (Å²) in [5.74, 6) is -0.721. The van der Waals surface area contributed by atoms with Gasteiger partial charge in [0.25, 0.3) is 0 Å². The fourth-order valence-corrected chi connectivity index (χ4v) is 3.63. The van der Waals surface area contributed by atoms with Gasteiger partial charge in [0.2, 0.25) is 10.0 Å². The molecule has 0 aliphatic rings. The second kappa shape index (κ2) is 6.13. The first-order valence-corrected chi connectivity index (χ1v) is 9.00. The molecule has 23 heavy (non-hydrogen) atoms. The van der Waals surface area contributed by atoms with Gasteiger partial charge in [-0.15, -0.1) is 13.2 Å². The Labute approximate surface area is 133 Å². The van der Waals surface area contributed by atoms with Crippen molar-refractivity contribution in [1.29, 1.82) is 5.41 Å². The Morgan fingerprint density at radius 1 is 1.39 bits per heavy atom. The van der Waals surface area contributed by atoms with Gasteiger partial charge in [-0.25, -0.2) is 13.6 Å². The normalized spacial score (nSPS) is 12.7. The van der Waals surface area contributed by atoms with Gasteiger partial charge in [-0.1, -0.05) is 18.3 Å². The number of aryl methyl sites for hydroxylation is 2. The summed E-state index contributed by atoms with van der Waals surface area (Å²) in [6.07, 6.45) is -4.40. The summed E-state index contributed by atoms with van der Waals surface area (Å²) in [6.45, 7) is 1.71. The van der Waals surface area contributed by atoms with Crippen LogP contribution in [0.4, 0.5) is 13.2 Å². The molecule has 0 aliphatic heterocycles. The van der Waals surface area contributed by atoms with Crippen LogP contribution < -0.4 is 14.7 Å². The standard InChI is InChI=1S/C12H14F3N3O3S2/c1-2-7-5-8(21-12(13,14)15)6-9-10(7)18(11(16)22-9)3-4-23(17,19)20/h5-6,16H,2-4H2,1H3,(H2,17,19,20). The minimum Gasteiger partial charge on any atom is -0.406 e. The van der Waals surface area contributed by atoms with Crippen molar-refractivity contribution in [2.75, 3.05) is 5.75 Å². The molecule has 2 aromatic rings.